The normalized spacial score (nSPS) is 10.1. The van der Waals surface area contributed by atoms with Crippen molar-refractivity contribution in [2.75, 3.05) is 12.4 Å². The van der Waals surface area contributed by atoms with Gasteiger partial charge in [-0.25, -0.2) is 0 Å². The van der Waals surface area contributed by atoms with Crippen LogP contribution in [0.4, 0.5) is 0 Å². The lowest BCUT2D eigenvalue weighted by atomic mass is 10.2. The summed E-state index contributed by atoms with van der Waals surface area (Å²) < 4.78 is 5.60. The molecule has 0 saturated heterocycles. The summed E-state index contributed by atoms with van der Waals surface area (Å²) >= 11 is 1.71. The standard InChI is InChI=1S/C15H15NO2S/c16-15(17)13-8-4-5-9-14(13)18-10-11-19-12-6-2-1-3-7-12/h1-9H,10-11H2,(H2,16,17). The number of amides is 1. The summed E-state index contributed by atoms with van der Waals surface area (Å²) in [6.07, 6.45) is 0. The Morgan fingerprint density at radius 2 is 1.74 bits per heavy atom. The fourth-order valence-electron chi connectivity index (χ4n) is 1.62. The molecule has 0 aliphatic rings. The van der Waals surface area contributed by atoms with Gasteiger partial charge in [0.05, 0.1) is 12.2 Å². The molecule has 1 amide bonds. The summed E-state index contributed by atoms with van der Waals surface area (Å²) in [7, 11) is 0. The number of benzene rings is 2. The maximum atomic E-state index is 11.2. The van der Waals surface area contributed by atoms with Gasteiger partial charge in [-0.1, -0.05) is 30.3 Å². The van der Waals surface area contributed by atoms with Crippen molar-refractivity contribution < 1.29 is 9.53 Å². The lowest BCUT2D eigenvalue weighted by Gasteiger charge is -2.09. The lowest BCUT2D eigenvalue weighted by molar-refractivity contribution is 0.0996. The predicted octanol–water partition coefficient (Wildman–Crippen LogP) is 2.96. The number of carbonyl (C=O) groups is 1. The van der Waals surface area contributed by atoms with E-state index in [-0.39, 0.29) is 0 Å². The third-order valence-corrected chi connectivity index (χ3v) is 3.48. The fourth-order valence-corrected chi connectivity index (χ4v) is 2.38. The van der Waals surface area contributed by atoms with Gasteiger partial charge in [0.1, 0.15) is 5.75 Å². The van der Waals surface area contributed by atoms with Crippen molar-refractivity contribution in [3.63, 3.8) is 0 Å². The Kier molecular flexibility index (Phi) is 4.86. The van der Waals surface area contributed by atoms with Gasteiger partial charge < -0.3 is 10.5 Å². The number of carbonyl (C=O) groups excluding carboxylic acids is 1. The first kappa shape index (κ1) is 13.5. The predicted molar refractivity (Wildman–Crippen MR) is 77.6 cm³/mol. The van der Waals surface area contributed by atoms with Gasteiger partial charge in [-0.2, -0.15) is 0 Å². The van der Waals surface area contributed by atoms with E-state index in [1.54, 1.807) is 30.0 Å². The highest BCUT2D eigenvalue weighted by Crippen LogP contribution is 2.19. The summed E-state index contributed by atoms with van der Waals surface area (Å²) in [6.45, 7) is 0.532. The number of hydrogen-bond acceptors (Lipinski definition) is 3. The molecule has 0 spiro atoms. The van der Waals surface area contributed by atoms with E-state index in [2.05, 4.69) is 12.1 Å². The highest BCUT2D eigenvalue weighted by molar-refractivity contribution is 7.99. The van der Waals surface area contributed by atoms with Crippen LogP contribution in [0.1, 0.15) is 10.4 Å². The van der Waals surface area contributed by atoms with E-state index < -0.39 is 5.91 Å². The van der Waals surface area contributed by atoms with Crippen molar-refractivity contribution in [1.29, 1.82) is 0 Å². The summed E-state index contributed by atoms with van der Waals surface area (Å²) in [6, 6.07) is 17.1. The van der Waals surface area contributed by atoms with Crippen LogP contribution in [0.3, 0.4) is 0 Å². The van der Waals surface area contributed by atoms with Crippen LogP contribution in [0.25, 0.3) is 0 Å². The molecule has 2 aromatic rings. The minimum atomic E-state index is -0.466. The zero-order valence-electron chi connectivity index (χ0n) is 10.4. The quantitative estimate of drug-likeness (QED) is 0.650. The molecule has 2 rings (SSSR count). The highest BCUT2D eigenvalue weighted by Gasteiger charge is 2.07. The molecule has 0 heterocycles. The molecule has 0 atom stereocenters. The summed E-state index contributed by atoms with van der Waals surface area (Å²) in [4.78, 5) is 12.4. The maximum Gasteiger partial charge on any atom is 0.252 e. The smallest absolute Gasteiger partial charge is 0.252 e. The molecule has 19 heavy (non-hydrogen) atoms. The van der Waals surface area contributed by atoms with Gasteiger partial charge in [-0.05, 0) is 24.3 Å². The average Bonchev–Trinajstić information content (AvgIpc) is 2.45. The van der Waals surface area contributed by atoms with Crippen LogP contribution >= 0.6 is 11.8 Å². The molecular weight excluding hydrogens is 258 g/mol. The van der Waals surface area contributed by atoms with E-state index in [0.717, 1.165) is 5.75 Å². The first-order valence-corrected chi connectivity index (χ1v) is 6.95. The number of primary amides is 1. The molecule has 3 nitrogen and oxygen atoms in total. The van der Waals surface area contributed by atoms with Gasteiger partial charge >= 0.3 is 0 Å². The third-order valence-electron chi connectivity index (χ3n) is 2.51. The van der Waals surface area contributed by atoms with Gasteiger partial charge in [0.2, 0.25) is 0 Å². The Hall–Kier alpha value is -1.94. The number of ether oxygens (including phenoxy) is 1. The van der Waals surface area contributed by atoms with Gasteiger partial charge in [0.15, 0.2) is 0 Å². The summed E-state index contributed by atoms with van der Waals surface area (Å²) in [5.74, 6) is 0.895. The molecule has 0 radical (unpaired) electrons. The molecule has 2 aromatic carbocycles. The van der Waals surface area contributed by atoms with E-state index in [9.17, 15) is 4.79 Å². The Morgan fingerprint density at radius 1 is 1.05 bits per heavy atom. The lowest BCUT2D eigenvalue weighted by Crippen LogP contribution is -2.13. The molecular formula is C15H15NO2S. The highest BCUT2D eigenvalue weighted by atomic mass is 32.2. The van der Waals surface area contributed by atoms with Crippen LogP contribution in [-0.4, -0.2) is 18.3 Å². The number of rotatable bonds is 6. The zero-order chi connectivity index (χ0) is 13.5. The van der Waals surface area contributed by atoms with E-state index in [1.165, 1.54) is 4.90 Å². The van der Waals surface area contributed by atoms with Crippen LogP contribution in [0, 0.1) is 0 Å². The average molecular weight is 273 g/mol. The molecule has 0 bridgehead atoms. The van der Waals surface area contributed by atoms with Gasteiger partial charge in [0.25, 0.3) is 5.91 Å². The first-order valence-electron chi connectivity index (χ1n) is 5.97. The number of para-hydroxylation sites is 1. The van der Waals surface area contributed by atoms with Crippen molar-refractivity contribution in [3.05, 3.63) is 60.2 Å². The second-order valence-electron chi connectivity index (χ2n) is 3.87. The Balaban J connectivity index is 1.85. The van der Waals surface area contributed by atoms with Crippen molar-refractivity contribution in [3.8, 4) is 5.75 Å². The molecule has 0 fully saturated rings. The molecule has 0 saturated carbocycles. The minimum absolute atomic E-state index is 0.423. The van der Waals surface area contributed by atoms with E-state index >= 15 is 0 Å². The molecule has 98 valence electrons. The zero-order valence-corrected chi connectivity index (χ0v) is 11.2. The molecule has 0 aliphatic carbocycles. The Labute approximate surface area is 116 Å². The molecule has 4 heteroatoms. The first-order chi connectivity index (χ1) is 9.27. The largest absolute Gasteiger partial charge is 0.492 e. The van der Waals surface area contributed by atoms with Gasteiger partial charge in [0, 0.05) is 10.6 Å². The molecule has 0 aliphatic heterocycles. The van der Waals surface area contributed by atoms with Crippen molar-refractivity contribution >= 4 is 17.7 Å². The number of thioether (sulfide) groups is 1. The second kappa shape index (κ2) is 6.85. The maximum absolute atomic E-state index is 11.2. The number of hydrogen-bond donors (Lipinski definition) is 1. The molecule has 2 N–H and O–H groups in total. The number of nitrogens with two attached hydrogens (primary N) is 1. The van der Waals surface area contributed by atoms with Gasteiger partial charge in [-0.3, -0.25) is 4.79 Å². The van der Waals surface area contributed by atoms with Crippen molar-refractivity contribution in [1.82, 2.24) is 0 Å². The van der Waals surface area contributed by atoms with Crippen molar-refractivity contribution in [2.24, 2.45) is 5.73 Å². The topological polar surface area (TPSA) is 52.3 Å². The monoisotopic (exact) mass is 273 g/mol. The SMILES string of the molecule is NC(=O)c1ccccc1OCCSc1ccccc1. The van der Waals surface area contributed by atoms with E-state index in [1.807, 2.05) is 24.3 Å². The third kappa shape index (κ3) is 4.03. The van der Waals surface area contributed by atoms with E-state index in [4.69, 9.17) is 10.5 Å². The fraction of sp³-hybridized carbons (Fsp3) is 0.133. The van der Waals surface area contributed by atoms with Crippen LogP contribution in [0.2, 0.25) is 0 Å². The van der Waals surface area contributed by atoms with E-state index in [0.29, 0.717) is 17.9 Å². The minimum Gasteiger partial charge on any atom is -0.492 e. The van der Waals surface area contributed by atoms with Crippen LogP contribution in [-0.2, 0) is 0 Å². The summed E-state index contributed by atoms with van der Waals surface area (Å²) in [5.41, 5.74) is 5.71. The van der Waals surface area contributed by atoms with Gasteiger partial charge in [-0.15, -0.1) is 11.8 Å². The Bertz CT molecular complexity index is 543. The summed E-state index contributed by atoms with van der Waals surface area (Å²) in [5, 5.41) is 0. The van der Waals surface area contributed by atoms with Crippen LogP contribution < -0.4 is 10.5 Å². The molecule has 0 aromatic heterocycles. The van der Waals surface area contributed by atoms with Crippen molar-refractivity contribution in [2.45, 2.75) is 4.90 Å². The Morgan fingerprint density at radius 3 is 2.47 bits per heavy atom. The van der Waals surface area contributed by atoms with Crippen LogP contribution in [0.5, 0.6) is 5.75 Å². The molecule has 0 unspecified atom stereocenters. The second-order valence-corrected chi connectivity index (χ2v) is 5.04. The van der Waals surface area contributed by atoms with Crippen LogP contribution in [0.15, 0.2) is 59.5 Å².